The summed E-state index contributed by atoms with van der Waals surface area (Å²) >= 11 is 0. The van der Waals surface area contributed by atoms with Gasteiger partial charge in [0.2, 0.25) is 10.0 Å². The number of hydrogen-bond acceptors (Lipinski definition) is 3. The van der Waals surface area contributed by atoms with Crippen LogP contribution < -0.4 is 4.72 Å². The lowest BCUT2D eigenvalue weighted by atomic mass is 10.3. The van der Waals surface area contributed by atoms with Gasteiger partial charge in [-0.3, -0.25) is 0 Å². The van der Waals surface area contributed by atoms with E-state index >= 15 is 0 Å². The Morgan fingerprint density at radius 3 is 2.46 bits per heavy atom. The van der Waals surface area contributed by atoms with Crippen molar-refractivity contribution in [3.8, 4) is 0 Å². The van der Waals surface area contributed by atoms with Crippen molar-refractivity contribution in [2.45, 2.75) is 31.6 Å². The fourth-order valence-corrected chi connectivity index (χ4v) is 2.33. The predicted octanol–water partition coefficient (Wildman–Crippen LogP) is 0.0183. The zero-order chi connectivity index (χ0) is 10.1. The van der Waals surface area contributed by atoms with Crippen LogP contribution in [-0.2, 0) is 10.0 Å². The molecule has 1 atom stereocenters. The van der Waals surface area contributed by atoms with Crippen molar-refractivity contribution in [2.24, 2.45) is 0 Å². The average molecular weight is 206 g/mol. The summed E-state index contributed by atoms with van der Waals surface area (Å²) in [5.74, 6) is 0. The molecule has 0 saturated carbocycles. The van der Waals surface area contributed by atoms with Gasteiger partial charge in [0.25, 0.3) is 0 Å². The van der Waals surface area contributed by atoms with E-state index in [1.54, 1.807) is 13.8 Å². The van der Waals surface area contributed by atoms with Crippen LogP contribution in [0.1, 0.15) is 20.3 Å². The molecule has 1 N–H and O–H groups in total. The Hall–Kier alpha value is -0.130. The molecule has 1 saturated heterocycles. The van der Waals surface area contributed by atoms with Crippen molar-refractivity contribution < 1.29 is 8.42 Å². The van der Waals surface area contributed by atoms with Gasteiger partial charge >= 0.3 is 0 Å². The van der Waals surface area contributed by atoms with Gasteiger partial charge in [0.15, 0.2) is 0 Å². The van der Waals surface area contributed by atoms with Gasteiger partial charge in [-0.1, -0.05) is 0 Å². The fourth-order valence-electron chi connectivity index (χ4n) is 1.40. The van der Waals surface area contributed by atoms with Crippen LogP contribution >= 0.6 is 0 Å². The van der Waals surface area contributed by atoms with E-state index in [9.17, 15) is 8.42 Å². The predicted molar refractivity (Wildman–Crippen MR) is 53.1 cm³/mol. The molecule has 0 spiro atoms. The summed E-state index contributed by atoms with van der Waals surface area (Å²) in [5, 5.41) is -0.335. The van der Waals surface area contributed by atoms with Crippen LogP contribution in [0.5, 0.6) is 0 Å². The molecule has 0 unspecified atom stereocenters. The smallest absolute Gasteiger partial charge is 0.214 e. The maximum absolute atomic E-state index is 11.5. The highest BCUT2D eigenvalue weighted by Crippen LogP contribution is 2.09. The van der Waals surface area contributed by atoms with Gasteiger partial charge < -0.3 is 4.90 Å². The lowest BCUT2D eigenvalue weighted by Gasteiger charge is -2.15. The summed E-state index contributed by atoms with van der Waals surface area (Å²) in [6.07, 6.45) is 0.919. The van der Waals surface area contributed by atoms with Crippen molar-refractivity contribution in [3.05, 3.63) is 0 Å². The van der Waals surface area contributed by atoms with Crippen molar-refractivity contribution in [1.29, 1.82) is 0 Å². The normalized spacial score (nSPS) is 25.7. The summed E-state index contributed by atoms with van der Waals surface area (Å²) in [4.78, 5) is 2.13. The zero-order valence-electron chi connectivity index (χ0n) is 8.45. The van der Waals surface area contributed by atoms with Crippen molar-refractivity contribution >= 4 is 10.0 Å². The van der Waals surface area contributed by atoms with E-state index in [0.29, 0.717) is 0 Å². The zero-order valence-corrected chi connectivity index (χ0v) is 9.26. The minimum absolute atomic E-state index is 0.109. The third-order valence-electron chi connectivity index (χ3n) is 2.34. The molecule has 0 aliphatic carbocycles. The Morgan fingerprint density at radius 2 is 2.08 bits per heavy atom. The van der Waals surface area contributed by atoms with Gasteiger partial charge in [0.05, 0.1) is 5.25 Å². The molecule has 1 aliphatic heterocycles. The SMILES string of the molecule is CC(C)S(=O)(=O)N[C@@H]1CCN(C)C1. The van der Waals surface area contributed by atoms with Gasteiger partial charge in [-0.05, 0) is 33.9 Å². The molecule has 0 aromatic rings. The molecule has 5 heteroatoms. The van der Waals surface area contributed by atoms with Crippen LogP contribution in [0.15, 0.2) is 0 Å². The second-order valence-corrected chi connectivity index (χ2v) is 6.23. The van der Waals surface area contributed by atoms with Crippen LogP contribution in [0.4, 0.5) is 0 Å². The van der Waals surface area contributed by atoms with E-state index in [1.807, 2.05) is 7.05 Å². The first-order chi connectivity index (χ1) is 5.92. The van der Waals surface area contributed by atoms with Gasteiger partial charge in [0, 0.05) is 12.6 Å². The van der Waals surface area contributed by atoms with E-state index in [2.05, 4.69) is 9.62 Å². The van der Waals surface area contributed by atoms with Crippen LogP contribution in [0.2, 0.25) is 0 Å². The highest BCUT2D eigenvalue weighted by Gasteiger charge is 2.25. The molecule has 0 amide bonds. The van der Waals surface area contributed by atoms with E-state index < -0.39 is 10.0 Å². The Morgan fingerprint density at radius 1 is 1.46 bits per heavy atom. The first-order valence-electron chi connectivity index (χ1n) is 4.61. The van der Waals surface area contributed by atoms with Crippen molar-refractivity contribution in [1.82, 2.24) is 9.62 Å². The molecule has 0 aromatic heterocycles. The Balaban J connectivity index is 2.50. The van der Waals surface area contributed by atoms with Crippen molar-refractivity contribution in [3.63, 3.8) is 0 Å². The lowest BCUT2D eigenvalue weighted by Crippen LogP contribution is -2.40. The second kappa shape index (κ2) is 3.94. The quantitative estimate of drug-likeness (QED) is 0.708. The maximum atomic E-state index is 11.5. The summed E-state index contributed by atoms with van der Waals surface area (Å²) < 4.78 is 25.6. The highest BCUT2D eigenvalue weighted by atomic mass is 32.2. The second-order valence-electron chi connectivity index (χ2n) is 3.96. The number of nitrogens with zero attached hydrogens (tertiary/aromatic N) is 1. The number of hydrogen-bond donors (Lipinski definition) is 1. The summed E-state index contributed by atoms with van der Waals surface area (Å²) in [6.45, 7) is 5.19. The molecule has 1 fully saturated rings. The maximum Gasteiger partial charge on any atom is 0.214 e. The number of rotatable bonds is 3. The summed E-state index contributed by atoms with van der Waals surface area (Å²) in [5.41, 5.74) is 0. The van der Waals surface area contributed by atoms with E-state index in [4.69, 9.17) is 0 Å². The monoisotopic (exact) mass is 206 g/mol. The van der Waals surface area contributed by atoms with Crippen LogP contribution in [0.25, 0.3) is 0 Å². The topological polar surface area (TPSA) is 49.4 Å². The molecule has 78 valence electrons. The molecule has 1 aliphatic rings. The first kappa shape index (κ1) is 10.9. The van der Waals surface area contributed by atoms with E-state index in [0.717, 1.165) is 19.5 Å². The minimum Gasteiger partial charge on any atom is -0.305 e. The summed E-state index contributed by atoms with van der Waals surface area (Å²) in [6, 6.07) is 0.109. The van der Waals surface area contributed by atoms with Gasteiger partial charge in [0.1, 0.15) is 0 Å². The molecule has 1 rings (SSSR count). The molecular formula is C8H18N2O2S. The molecule has 0 bridgehead atoms. The third-order valence-corrected chi connectivity index (χ3v) is 4.25. The van der Waals surface area contributed by atoms with E-state index in [-0.39, 0.29) is 11.3 Å². The molecule has 13 heavy (non-hydrogen) atoms. The highest BCUT2D eigenvalue weighted by molar-refractivity contribution is 7.90. The van der Waals surface area contributed by atoms with Gasteiger partial charge in [-0.25, -0.2) is 13.1 Å². The number of nitrogens with one attached hydrogen (secondary N) is 1. The Labute approximate surface area is 80.4 Å². The largest absolute Gasteiger partial charge is 0.305 e. The molecular weight excluding hydrogens is 188 g/mol. The van der Waals surface area contributed by atoms with Crippen LogP contribution in [0, 0.1) is 0 Å². The fraction of sp³-hybridized carbons (Fsp3) is 1.00. The Kier molecular flexibility index (Phi) is 3.32. The molecule has 0 aromatic carbocycles. The standard InChI is InChI=1S/C8H18N2O2S/c1-7(2)13(11,12)9-8-4-5-10(3)6-8/h7-9H,4-6H2,1-3H3/t8-/m1/s1. The Bertz CT molecular complexity index is 261. The lowest BCUT2D eigenvalue weighted by molar-refractivity contribution is 0.407. The van der Waals surface area contributed by atoms with Crippen LogP contribution in [-0.4, -0.2) is 44.7 Å². The first-order valence-corrected chi connectivity index (χ1v) is 6.16. The van der Waals surface area contributed by atoms with Crippen molar-refractivity contribution in [2.75, 3.05) is 20.1 Å². The van der Waals surface area contributed by atoms with Crippen LogP contribution in [0.3, 0.4) is 0 Å². The average Bonchev–Trinajstić information content (AvgIpc) is 2.34. The number of sulfonamides is 1. The molecule has 4 nitrogen and oxygen atoms in total. The number of likely N-dealkylation sites (N-methyl/N-ethyl adjacent to an activating group) is 1. The summed E-state index contributed by atoms with van der Waals surface area (Å²) in [7, 11) is -1.08. The van der Waals surface area contributed by atoms with Gasteiger partial charge in [-0.2, -0.15) is 0 Å². The molecule has 0 radical (unpaired) electrons. The van der Waals surface area contributed by atoms with Gasteiger partial charge in [-0.15, -0.1) is 0 Å². The minimum atomic E-state index is -3.08. The third kappa shape index (κ3) is 2.93. The number of likely N-dealkylation sites (tertiary alicyclic amines) is 1. The van der Waals surface area contributed by atoms with E-state index in [1.165, 1.54) is 0 Å². The molecule has 1 heterocycles.